The molecule has 5 nitrogen and oxygen atoms in total. The van der Waals surface area contributed by atoms with Gasteiger partial charge in [0.2, 0.25) is 0 Å². The number of aryl methyl sites for hydroxylation is 1. The quantitative estimate of drug-likeness (QED) is 0.406. The van der Waals surface area contributed by atoms with Crippen LogP contribution in [0.15, 0.2) is 76.2 Å². The van der Waals surface area contributed by atoms with Crippen molar-refractivity contribution in [3.63, 3.8) is 0 Å². The molecule has 0 aliphatic carbocycles. The number of imide groups is 1. The second kappa shape index (κ2) is 9.49. The molecule has 1 aliphatic rings. The summed E-state index contributed by atoms with van der Waals surface area (Å²) in [5.41, 5.74) is 2.81. The molecule has 164 valence electrons. The van der Waals surface area contributed by atoms with Gasteiger partial charge in [0.1, 0.15) is 11.5 Å². The topological polar surface area (TPSA) is 59.8 Å². The Labute approximate surface area is 192 Å². The van der Waals surface area contributed by atoms with E-state index in [-0.39, 0.29) is 17.9 Å². The van der Waals surface area contributed by atoms with Crippen molar-refractivity contribution in [2.45, 2.75) is 39.0 Å². The van der Waals surface area contributed by atoms with Gasteiger partial charge in [0.05, 0.1) is 34.3 Å². The van der Waals surface area contributed by atoms with E-state index < -0.39 is 0 Å². The van der Waals surface area contributed by atoms with E-state index in [1.54, 1.807) is 6.26 Å². The highest BCUT2D eigenvalue weighted by atomic mass is 32.2. The van der Waals surface area contributed by atoms with Gasteiger partial charge in [-0.1, -0.05) is 31.2 Å². The van der Waals surface area contributed by atoms with Gasteiger partial charge in [-0.05, 0) is 67.8 Å². The molecular formula is C26H25NO4S. The van der Waals surface area contributed by atoms with E-state index in [2.05, 4.69) is 6.92 Å². The fraction of sp³-hybridized carbons (Fsp3) is 0.231. The van der Waals surface area contributed by atoms with Gasteiger partial charge in [0.25, 0.3) is 11.8 Å². The molecule has 6 heteroatoms. The fourth-order valence-corrected chi connectivity index (χ4v) is 4.54. The normalized spacial score (nSPS) is 14.1. The summed E-state index contributed by atoms with van der Waals surface area (Å²) in [7, 11) is 0. The van der Waals surface area contributed by atoms with E-state index >= 15 is 0 Å². The number of ether oxygens (including phenoxy) is 1. The summed E-state index contributed by atoms with van der Waals surface area (Å²) in [6, 6.07) is 18.5. The van der Waals surface area contributed by atoms with E-state index in [1.165, 1.54) is 16.7 Å². The maximum atomic E-state index is 13.5. The molecule has 0 unspecified atom stereocenters. The van der Waals surface area contributed by atoms with Crippen LogP contribution in [0.3, 0.4) is 0 Å². The first-order chi connectivity index (χ1) is 15.5. The Balaban J connectivity index is 1.69. The molecule has 0 fully saturated rings. The van der Waals surface area contributed by atoms with Crippen LogP contribution in [0.1, 0.15) is 37.7 Å². The SMILES string of the molecule is CCc1ccc(N2C(=O)C(SCc3ccco3)=C(c3ccc(OC(C)C)cc3)C2=O)cc1. The van der Waals surface area contributed by atoms with Gasteiger partial charge in [-0.2, -0.15) is 0 Å². The zero-order valence-electron chi connectivity index (χ0n) is 18.3. The molecule has 0 saturated heterocycles. The minimum Gasteiger partial charge on any atom is -0.491 e. The third-order valence-corrected chi connectivity index (χ3v) is 6.19. The molecule has 2 heterocycles. The number of rotatable bonds is 8. The smallest absolute Gasteiger partial charge is 0.272 e. The second-order valence-corrected chi connectivity index (χ2v) is 8.71. The number of furan rings is 1. The lowest BCUT2D eigenvalue weighted by molar-refractivity contribution is -0.119. The Morgan fingerprint density at radius 2 is 1.69 bits per heavy atom. The lowest BCUT2D eigenvalue weighted by atomic mass is 10.1. The largest absolute Gasteiger partial charge is 0.491 e. The van der Waals surface area contributed by atoms with Crippen molar-refractivity contribution in [3.05, 3.63) is 88.7 Å². The van der Waals surface area contributed by atoms with Crippen molar-refractivity contribution in [2.75, 3.05) is 4.90 Å². The van der Waals surface area contributed by atoms with Gasteiger partial charge in [-0.15, -0.1) is 11.8 Å². The van der Waals surface area contributed by atoms with Crippen molar-refractivity contribution in [1.29, 1.82) is 0 Å². The standard InChI is InChI=1S/C26H25NO4S/c1-4-18-7-11-20(12-8-18)27-25(28)23(19-9-13-21(14-10-19)31-17(2)3)24(26(27)29)32-16-22-6-5-15-30-22/h5-15,17H,4,16H2,1-3H3. The first-order valence-electron chi connectivity index (χ1n) is 10.6. The highest BCUT2D eigenvalue weighted by Gasteiger charge is 2.40. The van der Waals surface area contributed by atoms with Gasteiger partial charge in [0.15, 0.2) is 0 Å². The molecule has 32 heavy (non-hydrogen) atoms. The van der Waals surface area contributed by atoms with Crippen LogP contribution in [0.5, 0.6) is 5.75 Å². The number of hydrogen-bond acceptors (Lipinski definition) is 5. The van der Waals surface area contributed by atoms with E-state index in [1.807, 2.05) is 74.5 Å². The Hall–Kier alpha value is -3.25. The van der Waals surface area contributed by atoms with Gasteiger partial charge in [0, 0.05) is 0 Å². The summed E-state index contributed by atoms with van der Waals surface area (Å²) in [6.45, 7) is 5.98. The third-order valence-electron chi connectivity index (χ3n) is 5.10. The number of carbonyl (C=O) groups excluding carboxylic acids is 2. The fourth-order valence-electron chi connectivity index (χ4n) is 3.52. The number of hydrogen-bond donors (Lipinski definition) is 0. The molecule has 0 spiro atoms. The highest BCUT2D eigenvalue weighted by molar-refractivity contribution is 8.03. The van der Waals surface area contributed by atoms with Crippen LogP contribution in [-0.4, -0.2) is 17.9 Å². The summed E-state index contributed by atoms with van der Waals surface area (Å²) in [5, 5.41) is 0. The Morgan fingerprint density at radius 1 is 0.969 bits per heavy atom. The van der Waals surface area contributed by atoms with Crippen LogP contribution in [-0.2, 0) is 21.8 Å². The molecule has 4 rings (SSSR count). The van der Waals surface area contributed by atoms with Gasteiger partial charge in [-0.25, -0.2) is 4.90 Å². The number of carbonyl (C=O) groups is 2. The maximum absolute atomic E-state index is 13.5. The predicted octanol–water partition coefficient (Wildman–Crippen LogP) is 5.85. The van der Waals surface area contributed by atoms with Crippen molar-refractivity contribution in [1.82, 2.24) is 0 Å². The maximum Gasteiger partial charge on any atom is 0.272 e. The number of benzene rings is 2. The zero-order valence-corrected chi connectivity index (χ0v) is 19.1. The number of nitrogens with zero attached hydrogens (tertiary/aromatic N) is 1. The molecule has 1 aromatic heterocycles. The van der Waals surface area contributed by atoms with Crippen LogP contribution in [0.4, 0.5) is 5.69 Å². The summed E-state index contributed by atoms with van der Waals surface area (Å²) in [4.78, 5) is 28.6. The average Bonchev–Trinajstić information content (AvgIpc) is 3.39. The van der Waals surface area contributed by atoms with Crippen LogP contribution < -0.4 is 9.64 Å². The predicted molar refractivity (Wildman–Crippen MR) is 127 cm³/mol. The molecular weight excluding hydrogens is 422 g/mol. The van der Waals surface area contributed by atoms with Gasteiger partial charge < -0.3 is 9.15 Å². The summed E-state index contributed by atoms with van der Waals surface area (Å²) in [5.74, 6) is 1.29. The summed E-state index contributed by atoms with van der Waals surface area (Å²) >= 11 is 1.32. The molecule has 1 aliphatic heterocycles. The molecule has 3 aromatic rings. The molecule has 0 saturated carbocycles. The molecule has 0 bridgehead atoms. The van der Waals surface area contributed by atoms with Crippen LogP contribution >= 0.6 is 11.8 Å². The molecule has 0 N–H and O–H groups in total. The first kappa shape index (κ1) is 22.0. The Kier molecular flexibility index (Phi) is 6.51. The first-order valence-corrected chi connectivity index (χ1v) is 11.6. The lowest BCUT2D eigenvalue weighted by Crippen LogP contribution is -2.31. The molecule has 2 aromatic carbocycles. The Morgan fingerprint density at radius 3 is 2.28 bits per heavy atom. The lowest BCUT2D eigenvalue weighted by Gasteiger charge is -2.16. The van der Waals surface area contributed by atoms with Crippen molar-refractivity contribution < 1.29 is 18.7 Å². The van der Waals surface area contributed by atoms with Crippen molar-refractivity contribution in [3.8, 4) is 5.75 Å². The van der Waals surface area contributed by atoms with E-state index in [0.29, 0.717) is 27.5 Å². The second-order valence-electron chi connectivity index (χ2n) is 7.73. The van der Waals surface area contributed by atoms with Crippen LogP contribution in [0, 0.1) is 0 Å². The molecule has 0 radical (unpaired) electrons. The number of amides is 2. The Bertz CT molecular complexity index is 1130. The molecule has 2 amide bonds. The van der Waals surface area contributed by atoms with Crippen molar-refractivity contribution >= 4 is 34.8 Å². The van der Waals surface area contributed by atoms with Gasteiger partial charge >= 0.3 is 0 Å². The number of anilines is 1. The highest BCUT2D eigenvalue weighted by Crippen LogP contribution is 2.40. The summed E-state index contributed by atoms with van der Waals surface area (Å²) in [6.07, 6.45) is 2.54. The number of thioether (sulfide) groups is 1. The third kappa shape index (κ3) is 4.50. The monoisotopic (exact) mass is 447 g/mol. The molecule has 0 atom stereocenters. The zero-order chi connectivity index (χ0) is 22.7. The van der Waals surface area contributed by atoms with E-state index in [0.717, 1.165) is 23.5 Å². The van der Waals surface area contributed by atoms with E-state index in [9.17, 15) is 9.59 Å². The van der Waals surface area contributed by atoms with E-state index in [4.69, 9.17) is 9.15 Å². The average molecular weight is 448 g/mol. The minimum atomic E-state index is -0.321. The van der Waals surface area contributed by atoms with Crippen LogP contribution in [0.25, 0.3) is 5.57 Å². The summed E-state index contributed by atoms with van der Waals surface area (Å²) < 4.78 is 11.1. The van der Waals surface area contributed by atoms with Crippen molar-refractivity contribution in [2.24, 2.45) is 0 Å². The van der Waals surface area contributed by atoms with Crippen LogP contribution in [0.2, 0.25) is 0 Å². The minimum absolute atomic E-state index is 0.0516. The van der Waals surface area contributed by atoms with Gasteiger partial charge in [-0.3, -0.25) is 9.59 Å².